The number of esters is 1. The average Bonchev–Trinajstić information content (AvgIpc) is 2.67. The summed E-state index contributed by atoms with van der Waals surface area (Å²) in [6.45, 7) is 4.38. The van der Waals surface area contributed by atoms with Crippen LogP contribution < -0.4 is 5.32 Å². The molecule has 2 rings (SSSR count). The Kier molecular flexibility index (Phi) is 3.82. The topological polar surface area (TPSA) is 55.4 Å². The van der Waals surface area contributed by atoms with Crippen molar-refractivity contribution < 1.29 is 14.3 Å². The maximum Gasteiger partial charge on any atom is 0.323 e. The molecule has 0 radical (unpaired) electrons. The molecule has 1 saturated heterocycles. The summed E-state index contributed by atoms with van der Waals surface area (Å²) in [5, 5.41) is 3.29. The van der Waals surface area contributed by atoms with Crippen molar-refractivity contribution in [1.82, 2.24) is 5.32 Å². The van der Waals surface area contributed by atoms with Crippen LogP contribution in [0.3, 0.4) is 0 Å². The van der Waals surface area contributed by atoms with E-state index in [1.54, 1.807) is 6.92 Å². The molecule has 1 N–H and O–H groups in total. The third kappa shape index (κ3) is 2.37. The van der Waals surface area contributed by atoms with Crippen molar-refractivity contribution in [2.45, 2.75) is 45.2 Å². The molecule has 1 aliphatic carbocycles. The Hall–Kier alpha value is -0.900. The number of carbonyl (C=O) groups is 2. The lowest BCUT2D eigenvalue weighted by Gasteiger charge is -2.30. The average molecular weight is 239 g/mol. The van der Waals surface area contributed by atoms with Gasteiger partial charge in [-0.2, -0.15) is 0 Å². The molecule has 1 heterocycles. The van der Waals surface area contributed by atoms with Gasteiger partial charge in [-0.25, -0.2) is 0 Å². The van der Waals surface area contributed by atoms with Crippen LogP contribution in [0.5, 0.6) is 0 Å². The third-order valence-electron chi connectivity index (χ3n) is 4.13. The third-order valence-corrected chi connectivity index (χ3v) is 4.13. The Labute approximate surface area is 102 Å². The first-order valence-electron chi connectivity index (χ1n) is 6.55. The van der Waals surface area contributed by atoms with E-state index in [4.69, 9.17) is 4.74 Å². The van der Waals surface area contributed by atoms with E-state index in [9.17, 15) is 9.59 Å². The van der Waals surface area contributed by atoms with Gasteiger partial charge in [-0.05, 0) is 38.0 Å². The number of hydrogen-bond acceptors (Lipinski definition) is 4. The van der Waals surface area contributed by atoms with E-state index in [1.165, 1.54) is 6.42 Å². The van der Waals surface area contributed by atoms with Gasteiger partial charge in [0.1, 0.15) is 12.3 Å². The first-order valence-corrected chi connectivity index (χ1v) is 6.55. The van der Waals surface area contributed by atoms with Crippen molar-refractivity contribution in [1.29, 1.82) is 0 Å². The molecule has 5 unspecified atom stereocenters. The minimum atomic E-state index is -0.423. The number of carbonyl (C=O) groups excluding carboxylic acids is 2. The summed E-state index contributed by atoms with van der Waals surface area (Å²) in [7, 11) is 0. The quantitative estimate of drug-likeness (QED) is 0.593. The van der Waals surface area contributed by atoms with Crippen LogP contribution >= 0.6 is 0 Å². The maximum atomic E-state index is 11.8. The lowest BCUT2D eigenvalue weighted by atomic mass is 9.75. The summed E-state index contributed by atoms with van der Waals surface area (Å²) in [4.78, 5) is 23.0. The predicted molar refractivity (Wildman–Crippen MR) is 63.4 cm³/mol. The first-order chi connectivity index (χ1) is 8.17. The molecule has 5 atom stereocenters. The molecule has 2 fully saturated rings. The Morgan fingerprint density at radius 3 is 2.88 bits per heavy atom. The molecule has 0 aromatic heterocycles. The van der Waals surface area contributed by atoms with Crippen molar-refractivity contribution >= 4 is 12.3 Å². The Morgan fingerprint density at radius 1 is 1.47 bits per heavy atom. The smallest absolute Gasteiger partial charge is 0.323 e. The molecule has 0 amide bonds. The van der Waals surface area contributed by atoms with Gasteiger partial charge in [0.2, 0.25) is 0 Å². The van der Waals surface area contributed by atoms with E-state index in [2.05, 4.69) is 12.2 Å². The van der Waals surface area contributed by atoms with Crippen molar-refractivity contribution in [2.75, 3.05) is 6.61 Å². The second-order valence-electron chi connectivity index (χ2n) is 5.30. The van der Waals surface area contributed by atoms with Gasteiger partial charge in [-0.3, -0.25) is 4.79 Å². The molecular formula is C13H21NO3. The molecular weight excluding hydrogens is 218 g/mol. The molecule has 0 bridgehead atoms. The van der Waals surface area contributed by atoms with E-state index < -0.39 is 6.04 Å². The number of nitrogens with one attached hydrogen (secondary N) is 1. The van der Waals surface area contributed by atoms with E-state index >= 15 is 0 Å². The second kappa shape index (κ2) is 5.17. The fraction of sp³-hybridized carbons (Fsp3) is 0.846. The van der Waals surface area contributed by atoms with Gasteiger partial charge in [-0.1, -0.05) is 6.92 Å². The standard InChI is InChI=1S/C13H21NO3/c1-3-17-13(16)12-10(7-15)9-6-8(2)4-5-11(9)14-12/h7-12,14H,3-6H2,1-2H3. The summed E-state index contributed by atoms with van der Waals surface area (Å²) < 4.78 is 5.03. The van der Waals surface area contributed by atoms with Gasteiger partial charge in [0, 0.05) is 12.0 Å². The Morgan fingerprint density at radius 2 is 2.24 bits per heavy atom. The zero-order valence-corrected chi connectivity index (χ0v) is 10.5. The fourth-order valence-corrected chi connectivity index (χ4v) is 3.28. The monoisotopic (exact) mass is 239 g/mol. The number of hydrogen-bond donors (Lipinski definition) is 1. The fourth-order valence-electron chi connectivity index (χ4n) is 3.28. The molecule has 4 heteroatoms. The van der Waals surface area contributed by atoms with Crippen LogP contribution in [0.4, 0.5) is 0 Å². The zero-order valence-electron chi connectivity index (χ0n) is 10.5. The SMILES string of the molecule is CCOC(=O)C1NC2CCC(C)CC2C1C=O. The Bertz CT molecular complexity index is 305. The zero-order chi connectivity index (χ0) is 12.4. The lowest BCUT2D eigenvalue weighted by Crippen LogP contribution is -2.40. The molecule has 0 aromatic carbocycles. The van der Waals surface area contributed by atoms with E-state index in [0.717, 1.165) is 19.1 Å². The van der Waals surface area contributed by atoms with Gasteiger partial charge >= 0.3 is 5.97 Å². The molecule has 17 heavy (non-hydrogen) atoms. The Balaban J connectivity index is 2.09. The predicted octanol–water partition coefficient (Wildman–Crippen LogP) is 1.14. The molecule has 1 aliphatic heterocycles. The van der Waals surface area contributed by atoms with Gasteiger partial charge in [0.25, 0.3) is 0 Å². The van der Waals surface area contributed by atoms with Crippen molar-refractivity contribution in [2.24, 2.45) is 17.8 Å². The highest BCUT2D eigenvalue weighted by molar-refractivity contribution is 5.81. The number of rotatable bonds is 3. The number of fused-ring (bicyclic) bond motifs is 1. The highest BCUT2D eigenvalue weighted by Crippen LogP contribution is 2.39. The van der Waals surface area contributed by atoms with Crippen LogP contribution in [0.2, 0.25) is 0 Å². The summed E-state index contributed by atoms with van der Waals surface area (Å²) in [5.74, 6) is 0.487. The summed E-state index contributed by atoms with van der Waals surface area (Å²) in [6, 6.07) is -0.108. The molecule has 0 aromatic rings. The van der Waals surface area contributed by atoms with Crippen LogP contribution in [-0.4, -0.2) is 30.9 Å². The summed E-state index contributed by atoms with van der Waals surface area (Å²) in [6.07, 6.45) is 4.22. The minimum absolute atomic E-state index is 0.207. The summed E-state index contributed by atoms with van der Waals surface area (Å²) in [5.41, 5.74) is 0. The second-order valence-corrected chi connectivity index (χ2v) is 5.30. The molecule has 0 spiro atoms. The highest BCUT2D eigenvalue weighted by atomic mass is 16.5. The van der Waals surface area contributed by atoms with Gasteiger partial charge in [-0.15, -0.1) is 0 Å². The maximum absolute atomic E-state index is 11.8. The van der Waals surface area contributed by atoms with Crippen molar-refractivity contribution in [3.05, 3.63) is 0 Å². The van der Waals surface area contributed by atoms with Crippen LogP contribution in [0, 0.1) is 17.8 Å². The van der Waals surface area contributed by atoms with Crippen molar-refractivity contribution in [3.63, 3.8) is 0 Å². The van der Waals surface area contributed by atoms with E-state index in [0.29, 0.717) is 24.5 Å². The van der Waals surface area contributed by atoms with Crippen LogP contribution in [0.15, 0.2) is 0 Å². The van der Waals surface area contributed by atoms with Gasteiger partial charge < -0.3 is 14.8 Å². The van der Waals surface area contributed by atoms with Crippen LogP contribution in [0.25, 0.3) is 0 Å². The van der Waals surface area contributed by atoms with E-state index in [-0.39, 0.29) is 11.9 Å². The highest BCUT2D eigenvalue weighted by Gasteiger charge is 2.48. The largest absolute Gasteiger partial charge is 0.465 e. The van der Waals surface area contributed by atoms with Gasteiger partial charge in [0.15, 0.2) is 0 Å². The van der Waals surface area contributed by atoms with Crippen molar-refractivity contribution in [3.8, 4) is 0 Å². The molecule has 96 valence electrons. The van der Waals surface area contributed by atoms with E-state index in [1.807, 2.05) is 0 Å². The molecule has 1 saturated carbocycles. The first kappa shape index (κ1) is 12.6. The number of aldehydes is 1. The number of ether oxygens (including phenoxy) is 1. The molecule has 4 nitrogen and oxygen atoms in total. The minimum Gasteiger partial charge on any atom is -0.465 e. The van der Waals surface area contributed by atoms with Crippen LogP contribution in [0.1, 0.15) is 33.1 Å². The lowest BCUT2D eigenvalue weighted by molar-refractivity contribution is -0.147. The summed E-state index contributed by atoms with van der Waals surface area (Å²) >= 11 is 0. The van der Waals surface area contributed by atoms with Crippen LogP contribution in [-0.2, 0) is 14.3 Å². The normalized spacial score (nSPS) is 40.7. The van der Waals surface area contributed by atoms with Gasteiger partial charge in [0.05, 0.1) is 6.61 Å². The molecule has 2 aliphatic rings.